The Bertz CT molecular complexity index is 1210. The summed E-state index contributed by atoms with van der Waals surface area (Å²) >= 11 is 0. The van der Waals surface area contributed by atoms with Crippen LogP contribution in [-0.2, 0) is 6.42 Å². The lowest BCUT2D eigenvalue weighted by molar-refractivity contribution is 0.198. The number of rotatable bonds is 7. The van der Waals surface area contributed by atoms with Crippen molar-refractivity contribution in [1.29, 1.82) is 0 Å². The predicted molar refractivity (Wildman–Crippen MR) is 136 cm³/mol. The van der Waals surface area contributed by atoms with Gasteiger partial charge >= 0.3 is 0 Å². The van der Waals surface area contributed by atoms with Gasteiger partial charge in [-0.15, -0.1) is 0 Å². The van der Waals surface area contributed by atoms with Gasteiger partial charge in [-0.25, -0.2) is 4.39 Å². The molecule has 3 aromatic rings. The van der Waals surface area contributed by atoms with Crippen LogP contribution in [0.25, 0.3) is 11.1 Å². The van der Waals surface area contributed by atoms with Crippen LogP contribution >= 0.6 is 0 Å². The molecule has 0 spiro atoms. The number of aryl methyl sites for hydroxylation is 1. The predicted octanol–water partition coefficient (Wildman–Crippen LogP) is 5.91. The highest BCUT2D eigenvalue weighted by atomic mass is 19.1. The number of likely N-dealkylation sites (tertiary alicyclic amines) is 1. The molecular weight excluding hydrogens is 444 g/mol. The highest BCUT2D eigenvalue weighted by Crippen LogP contribution is 2.41. The molecule has 1 aromatic heterocycles. The van der Waals surface area contributed by atoms with Crippen molar-refractivity contribution in [2.24, 2.45) is 0 Å². The van der Waals surface area contributed by atoms with Crippen LogP contribution in [0.1, 0.15) is 47.9 Å². The third-order valence-corrected chi connectivity index (χ3v) is 6.95. The number of benzene rings is 2. The molecule has 5 rings (SSSR count). The molecule has 4 nitrogen and oxygen atoms in total. The maximum atomic E-state index is 14.9. The van der Waals surface area contributed by atoms with E-state index in [1.54, 1.807) is 12.3 Å². The summed E-state index contributed by atoms with van der Waals surface area (Å²) in [5.74, 6) is 0.506. The second-order valence-corrected chi connectivity index (χ2v) is 9.38. The maximum absolute atomic E-state index is 14.9. The number of aromatic nitrogens is 1. The first kappa shape index (κ1) is 23.5. The van der Waals surface area contributed by atoms with Crippen LogP contribution in [0.15, 0.2) is 60.9 Å². The number of ether oxygens (including phenoxy) is 1. The van der Waals surface area contributed by atoms with Gasteiger partial charge in [0, 0.05) is 37.1 Å². The molecule has 0 bridgehead atoms. The Kier molecular flexibility index (Phi) is 7.09. The number of pyridine rings is 1. The fourth-order valence-electron chi connectivity index (χ4n) is 5.30. The van der Waals surface area contributed by atoms with Gasteiger partial charge in [0.2, 0.25) is 0 Å². The van der Waals surface area contributed by atoms with Crippen molar-refractivity contribution >= 4 is 16.8 Å². The number of alkyl halides is 1. The van der Waals surface area contributed by atoms with Crippen molar-refractivity contribution in [3.05, 3.63) is 89.0 Å². The third-order valence-electron chi connectivity index (χ3n) is 6.95. The zero-order valence-electron chi connectivity index (χ0n) is 19.9. The van der Waals surface area contributed by atoms with E-state index in [-0.39, 0.29) is 18.6 Å². The zero-order chi connectivity index (χ0) is 24.2. The molecule has 35 heavy (non-hydrogen) atoms. The monoisotopic (exact) mass is 475 g/mol. The van der Waals surface area contributed by atoms with E-state index in [2.05, 4.69) is 28.1 Å². The Morgan fingerprint density at radius 1 is 1.06 bits per heavy atom. The van der Waals surface area contributed by atoms with Crippen molar-refractivity contribution in [2.75, 3.05) is 32.0 Å². The van der Waals surface area contributed by atoms with Crippen molar-refractivity contribution in [3.63, 3.8) is 0 Å². The van der Waals surface area contributed by atoms with Gasteiger partial charge in [-0.3, -0.25) is 14.3 Å². The van der Waals surface area contributed by atoms with Crippen LogP contribution in [0.2, 0.25) is 0 Å². The molecule has 1 saturated heterocycles. The summed E-state index contributed by atoms with van der Waals surface area (Å²) in [7, 11) is 0. The number of fused-ring (bicyclic) bond motifs is 1. The van der Waals surface area contributed by atoms with Crippen molar-refractivity contribution in [3.8, 4) is 5.75 Å². The van der Waals surface area contributed by atoms with Crippen LogP contribution in [0, 0.1) is 5.82 Å². The molecule has 182 valence electrons. The molecular formula is C29H31F2N3O. The lowest BCUT2D eigenvalue weighted by Crippen LogP contribution is -2.26. The van der Waals surface area contributed by atoms with E-state index in [9.17, 15) is 8.78 Å². The van der Waals surface area contributed by atoms with Gasteiger partial charge in [0.1, 0.15) is 17.7 Å². The number of allylic oxidation sites excluding steroid dienone is 1. The van der Waals surface area contributed by atoms with Gasteiger partial charge in [-0.2, -0.15) is 0 Å². The van der Waals surface area contributed by atoms with E-state index in [1.165, 1.54) is 11.8 Å². The Balaban J connectivity index is 1.47. The lowest BCUT2D eigenvalue weighted by Gasteiger charge is -2.19. The number of nitrogens with zero attached hydrogens (tertiary/aromatic N) is 2. The number of anilines is 1. The number of halogens is 2. The first-order chi connectivity index (χ1) is 17.1. The number of nitrogens with two attached hydrogens (primary N) is 1. The van der Waals surface area contributed by atoms with Crippen LogP contribution in [-0.4, -0.2) is 42.3 Å². The number of hydrogen-bond acceptors (Lipinski definition) is 4. The summed E-state index contributed by atoms with van der Waals surface area (Å²) in [6.07, 6.45) is 7.13. The molecule has 0 saturated carbocycles. The SMILES string of the molecule is Nc1ccc2c(c1)CCCC(c1ccncc1F)=C2c1ccc(OC2CCN(CCCF)C2)cc1. The molecule has 0 radical (unpaired) electrons. The van der Waals surface area contributed by atoms with Crippen LogP contribution < -0.4 is 10.5 Å². The molecule has 6 heteroatoms. The van der Waals surface area contributed by atoms with Gasteiger partial charge in [-0.05, 0) is 90.3 Å². The van der Waals surface area contributed by atoms with Gasteiger partial charge in [-0.1, -0.05) is 18.2 Å². The largest absolute Gasteiger partial charge is 0.489 e. The molecule has 1 aliphatic carbocycles. The van der Waals surface area contributed by atoms with E-state index < -0.39 is 0 Å². The molecule has 2 heterocycles. The number of hydrogen-bond donors (Lipinski definition) is 1. The standard InChI is InChI=1S/C29H31F2N3O/c30-13-2-15-34-16-12-24(19-34)35-23-8-5-20(6-9-23)29-25-10-7-22(32)17-21(25)3-1-4-27(29)26-11-14-33-18-28(26)31/h5-11,14,17-18,24H,1-4,12-13,15-16,19,32H2. The quantitative estimate of drug-likeness (QED) is 0.432. The van der Waals surface area contributed by atoms with Crippen molar-refractivity contribution < 1.29 is 13.5 Å². The van der Waals surface area contributed by atoms with E-state index in [0.29, 0.717) is 12.0 Å². The summed E-state index contributed by atoms with van der Waals surface area (Å²) in [6, 6.07) is 15.9. The average Bonchev–Trinajstić information content (AvgIpc) is 3.22. The van der Waals surface area contributed by atoms with E-state index in [1.807, 2.05) is 24.3 Å². The fraction of sp³-hybridized carbons (Fsp3) is 0.345. The molecule has 1 atom stereocenters. The second kappa shape index (κ2) is 10.6. The van der Waals surface area contributed by atoms with Crippen molar-refractivity contribution in [1.82, 2.24) is 9.88 Å². The smallest absolute Gasteiger partial charge is 0.148 e. The van der Waals surface area contributed by atoms with Crippen LogP contribution in [0.3, 0.4) is 0 Å². The minimum absolute atomic E-state index is 0.114. The topological polar surface area (TPSA) is 51.4 Å². The average molecular weight is 476 g/mol. The molecule has 2 N–H and O–H groups in total. The summed E-state index contributed by atoms with van der Waals surface area (Å²) in [6.45, 7) is 2.27. The number of nitrogen functional groups attached to an aromatic ring is 1. The highest BCUT2D eigenvalue weighted by molar-refractivity contribution is 6.00. The Labute approximate surface area is 205 Å². The molecule has 2 aliphatic rings. The van der Waals surface area contributed by atoms with E-state index >= 15 is 0 Å². The van der Waals surface area contributed by atoms with Gasteiger partial charge in [0.15, 0.2) is 0 Å². The van der Waals surface area contributed by atoms with Gasteiger partial charge in [0.05, 0.1) is 12.9 Å². The summed E-state index contributed by atoms with van der Waals surface area (Å²) in [5, 5.41) is 0. The molecule has 1 fully saturated rings. The lowest BCUT2D eigenvalue weighted by atomic mass is 9.88. The Hall–Kier alpha value is -3.25. The molecule has 1 aliphatic heterocycles. The van der Waals surface area contributed by atoms with E-state index in [0.717, 1.165) is 79.0 Å². The Morgan fingerprint density at radius 3 is 2.71 bits per heavy atom. The minimum Gasteiger partial charge on any atom is -0.489 e. The zero-order valence-corrected chi connectivity index (χ0v) is 19.9. The Morgan fingerprint density at radius 2 is 1.91 bits per heavy atom. The first-order valence-corrected chi connectivity index (χ1v) is 12.4. The maximum Gasteiger partial charge on any atom is 0.148 e. The minimum atomic E-state index is -0.308. The van der Waals surface area contributed by atoms with Gasteiger partial charge < -0.3 is 10.5 Å². The third kappa shape index (κ3) is 5.22. The highest BCUT2D eigenvalue weighted by Gasteiger charge is 2.25. The summed E-state index contributed by atoms with van der Waals surface area (Å²) in [5.41, 5.74) is 12.8. The molecule has 0 amide bonds. The van der Waals surface area contributed by atoms with E-state index in [4.69, 9.17) is 10.5 Å². The van der Waals surface area contributed by atoms with Crippen molar-refractivity contribution in [2.45, 2.75) is 38.2 Å². The van der Waals surface area contributed by atoms with Crippen LogP contribution in [0.5, 0.6) is 5.75 Å². The summed E-state index contributed by atoms with van der Waals surface area (Å²) in [4.78, 5) is 6.20. The van der Waals surface area contributed by atoms with Gasteiger partial charge in [0.25, 0.3) is 0 Å². The second-order valence-electron chi connectivity index (χ2n) is 9.38. The normalized spacial score (nSPS) is 18.4. The summed E-state index contributed by atoms with van der Waals surface area (Å²) < 4.78 is 33.6. The molecule has 1 unspecified atom stereocenters. The molecule has 2 aromatic carbocycles. The first-order valence-electron chi connectivity index (χ1n) is 12.4. The van der Waals surface area contributed by atoms with Crippen LogP contribution in [0.4, 0.5) is 14.5 Å². The fourth-order valence-corrected chi connectivity index (χ4v) is 5.30.